The van der Waals surface area contributed by atoms with Gasteiger partial charge in [-0.2, -0.15) is 0 Å². The van der Waals surface area contributed by atoms with E-state index >= 15 is 0 Å². The fraction of sp³-hybridized carbons (Fsp3) is 0.919. The third-order valence-corrected chi connectivity index (χ3v) is 14.4. The van der Waals surface area contributed by atoms with Crippen LogP contribution in [-0.2, 0) is 4.79 Å². The molecular weight excluding hydrogens is 807 g/mol. The number of carbonyl (C=O) groups excluding carboxylic acids is 1. The molecule has 0 saturated carbocycles. The summed E-state index contributed by atoms with van der Waals surface area (Å²) in [5.74, 6) is -0.0661. The van der Waals surface area contributed by atoms with E-state index in [9.17, 15) is 15.0 Å². The normalized spacial score (nSPS) is 12.8. The average Bonchev–Trinajstić information content (AvgIpc) is 3.32. The van der Waals surface area contributed by atoms with E-state index in [0.717, 1.165) is 32.1 Å². The molecule has 0 radical (unpaired) electrons. The van der Waals surface area contributed by atoms with Crippen molar-refractivity contribution in [3.63, 3.8) is 0 Å². The molecule has 0 aromatic carbocycles. The van der Waals surface area contributed by atoms with Crippen LogP contribution in [0.1, 0.15) is 348 Å². The Bertz CT molecular complexity index is 963. The number of allylic oxidation sites excluding steroid dienone is 3. The van der Waals surface area contributed by atoms with Crippen LogP contribution in [0.2, 0.25) is 0 Å². The van der Waals surface area contributed by atoms with Gasteiger partial charge in [0.05, 0.1) is 18.8 Å². The molecule has 0 spiro atoms. The Kier molecular flexibility index (Phi) is 57.2. The monoisotopic (exact) mass is 928 g/mol. The number of hydrogen-bond acceptors (Lipinski definition) is 3. The molecule has 3 N–H and O–H groups in total. The fourth-order valence-electron chi connectivity index (χ4n) is 9.79. The molecule has 4 nitrogen and oxygen atoms in total. The largest absolute Gasteiger partial charge is 0.394 e. The Balaban J connectivity index is 3.41. The minimum Gasteiger partial charge on any atom is -0.394 e. The quantitative estimate of drug-likeness (QED) is 0.0420. The highest BCUT2D eigenvalue weighted by atomic mass is 16.3. The van der Waals surface area contributed by atoms with Gasteiger partial charge in [-0.1, -0.05) is 334 Å². The van der Waals surface area contributed by atoms with Crippen molar-refractivity contribution >= 4 is 5.91 Å². The molecule has 1 amide bonds. The molecule has 0 aromatic heterocycles. The first-order chi connectivity index (χ1) is 32.7. The molecule has 0 aliphatic heterocycles. The van der Waals surface area contributed by atoms with Crippen LogP contribution in [0, 0.1) is 0 Å². The number of amides is 1. The van der Waals surface area contributed by atoms with Gasteiger partial charge < -0.3 is 15.5 Å². The molecule has 0 rings (SSSR count). The lowest BCUT2D eigenvalue weighted by Crippen LogP contribution is -2.45. The highest BCUT2D eigenvalue weighted by Gasteiger charge is 2.18. The molecule has 0 aliphatic carbocycles. The van der Waals surface area contributed by atoms with Crippen LogP contribution in [0.5, 0.6) is 0 Å². The number of aliphatic hydroxyl groups excluding tert-OH is 2. The van der Waals surface area contributed by atoms with Crippen molar-refractivity contribution in [1.29, 1.82) is 0 Å². The summed E-state index contributed by atoms with van der Waals surface area (Å²) in [6, 6.07) is -0.636. The van der Waals surface area contributed by atoms with Crippen molar-refractivity contribution in [1.82, 2.24) is 5.32 Å². The van der Waals surface area contributed by atoms with Gasteiger partial charge in [-0.15, -0.1) is 0 Å². The maximum atomic E-state index is 12.5. The molecule has 2 atom stereocenters. The van der Waals surface area contributed by atoms with Crippen LogP contribution in [0.15, 0.2) is 24.3 Å². The maximum Gasteiger partial charge on any atom is 0.220 e. The second-order valence-corrected chi connectivity index (χ2v) is 21.1. The van der Waals surface area contributed by atoms with E-state index in [4.69, 9.17) is 0 Å². The van der Waals surface area contributed by atoms with Crippen molar-refractivity contribution in [3.05, 3.63) is 24.3 Å². The second kappa shape index (κ2) is 58.2. The van der Waals surface area contributed by atoms with E-state index in [1.807, 2.05) is 6.08 Å². The summed E-state index contributed by atoms with van der Waals surface area (Å²) in [6.45, 7) is 4.34. The Morgan fingerprint density at radius 1 is 0.348 bits per heavy atom. The van der Waals surface area contributed by atoms with Gasteiger partial charge in [-0.3, -0.25) is 4.79 Å². The maximum absolute atomic E-state index is 12.5. The van der Waals surface area contributed by atoms with Gasteiger partial charge in [0.1, 0.15) is 0 Å². The summed E-state index contributed by atoms with van der Waals surface area (Å²) in [5.41, 5.74) is 0. The molecule has 66 heavy (non-hydrogen) atoms. The molecule has 0 heterocycles. The van der Waals surface area contributed by atoms with Crippen LogP contribution < -0.4 is 5.32 Å². The first-order valence-corrected chi connectivity index (χ1v) is 30.6. The summed E-state index contributed by atoms with van der Waals surface area (Å²) >= 11 is 0. The summed E-state index contributed by atoms with van der Waals surface area (Å²) in [4.78, 5) is 12.5. The zero-order valence-electron chi connectivity index (χ0n) is 45.2. The van der Waals surface area contributed by atoms with Crippen LogP contribution >= 0.6 is 0 Å². The molecule has 0 fully saturated rings. The molecule has 4 heteroatoms. The molecule has 0 saturated heterocycles. The van der Waals surface area contributed by atoms with E-state index in [1.165, 1.54) is 295 Å². The molecule has 2 unspecified atom stereocenters. The van der Waals surface area contributed by atoms with E-state index < -0.39 is 12.1 Å². The third-order valence-electron chi connectivity index (χ3n) is 14.4. The van der Waals surface area contributed by atoms with Gasteiger partial charge in [0.25, 0.3) is 0 Å². The van der Waals surface area contributed by atoms with Crippen molar-refractivity contribution in [3.8, 4) is 0 Å². The van der Waals surface area contributed by atoms with Gasteiger partial charge >= 0.3 is 0 Å². The van der Waals surface area contributed by atoms with Crippen LogP contribution in [-0.4, -0.2) is 34.9 Å². The van der Waals surface area contributed by atoms with E-state index in [2.05, 4.69) is 31.3 Å². The lowest BCUT2D eigenvalue weighted by Gasteiger charge is -2.19. The summed E-state index contributed by atoms with van der Waals surface area (Å²) in [6.07, 6.45) is 78.1. The first kappa shape index (κ1) is 64.9. The van der Waals surface area contributed by atoms with E-state index in [1.54, 1.807) is 6.08 Å². The van der Waals surface area contributed by atoms with Gasteiger partial charge in [0, 0.05) is 6.42 Å². The Hall–Kier alpha value is -1.13. The SMILES string of the molecule is CCCCCCCCCCCCCCC/C=C/CC/C=C/C(O)C(CO)NC(=O)CCCCCCCCCCCCCCCCCCCCCCCCCCCCCCCCCCCCC. The van der Waals surface area contributed by atoms with Crippen LogP contribution in [0.25, 0.3) is 0 Å². The molecule has 0 aromatic rings. The van der Waals surface area contributed by atoms with E-state index in [0.29, 0.717) is 6.42 Å². The topological polar surface area (TPSA) is 69.6 Å². The highest BCUT2D eigenvalue weighted by molar-refractivity contribution is 5.76. The van der Waals surface area contributed by atoms with Crippen molar-refractivity contribution < 1.29 is 15.0 Å². The predicted octanol–water partition coefficient (Wildman–Crippen LogP) is 20.3. The number of aliphatic hydroxyl groups is 2. The molecule has 392 valence electrons. The molecular formula is C62H121NO3. The highest BCUT2D eigenvalue weighted by Crippen LogP contribution is 2.18. The summed E-state index contributed by atoms with van der Waals surface area (Å²) < 4.78 is 0. The van der Waals surface area contributed by atoms with Crippen molar-refractivity contribution in [2.75, 3.05) is 6.61 Å². The molecule has 0 aliphatic rings. The van der Waals surface area contributed by atoms with E-state index in [-0.39, 0.29) is 12.5 Å². The predicted molar refractivity (Wildman–Crippen MR) is 295 cm³/mol. The zero-order chi connectivity index (χ0) is 47.7. The van der Waals surface area contributed by atoms with Crippen molar-refractivity contribution in [2.45, 2.75) is 360 Å². The van der Waals surface area contributed by atoms with Crippen molar-refractivity contribution in [2.24, 2.45) is 0 Å². The van der Waals surface area contributed by atoms with Gasteiger partial charge in [-0.05, 0) is 32.1 Å². The number of unbranched alkanes of at least 4 members (excludes halogenated alkanes) is 48. The standard InChI is InChI=1S/C62H121NO3/c1-3-5-7-9-11-13-15-17-19-21-23-24-25-26-27-28-29-30-31-32-33-34-35-36-37-38-40-42-44-46-48-50-52-54-56-58-62(66)63-60(59-64)61(65)57-55-53-51-49-47-45-43-41-39-22-20-18-16-14-12-10-8-6-4-2/h47,49,55,57,60-61,64-65H,3-46,48,50-54,56,58-59H2,1-2H3,(H,63,66)/b49-47+,57-55+. The number of nitrogens with one attached hydrogen (secondary N) is 1. The fourth-order valence-corrected chi connectivity index (χ4v) is 9.79. The lowest BCUT2D eigenvalue weighted by molar-refractivity contribution is -0.123. The molecule has 0 bridgehead atoms. The summed E-state index contributed by atoms with van der Waals surface area (Å²) in [7, 11) is 0. The Morgan fingerprint density at radius 2 is 0.591 bits per heavy atom. The van der Waals surface area contributed by atoms with Gasteiger partial charge in [-0.25, -0.2) is 0 Å². The average molecular weight is 929 g/mol. The number of hydrogen-bond donors (Lipinski definition) is 3. The van der Waals surface area contributed by atoms with Crippen LogP contribution in [0.3, 0.4) is 0 Å². The summed E-state index contributed by atoms with van der Waals surface area (Å²) in [5, 5.41) is 23.2. The number of carbonyl (C=O) groups is 1. The lowest BCUT2D eigenvalue weighted by atomic mass is 10.0. The Morgan fingerprint density at radius 3 is 0.879 bits per heavy atom. The zero-order valence-corrected chi connectivity index (χ0v) is 45.2. The minimum atomic E-state index is -0.860. The Labute approximate surface area is 415 Å². The smallest absolute Gasteiger partial charge is 0.220 e. The minimum absolute atomic E-state index is 0.0661. The van der Waals surface area contributed by atoms with Gasteiger partial charge in [0.15, 0.2) is 0 Å². The number of rotatable bonds is 57. The van der Waals surface area contributed by atoms with Crippen LogP contribution in [0.4, 0.5) is 0 Å². The first-order valence-electron chi connectivity index (χ1n) is 30.6. The second-order valence-electron chi connectivity index (χ2n) is 21.1. The van der Waals surface area contributed by atoms with Gasteiger partial charge in [0.2, 0.25) is 5.91 Å². The third kappa shape index (κ3) is 53.8.